The van der Waals surface area contributed by atoms with E-state index < -0.39 is 0 Å². The summed E-state index contributed by atoms with van der Waals surface area (Å²) in [6.45, 7) is 2.84. The van der Waals surface area contributed by atoms with Crippen LogP contribution >= 0.6 is 23.1 Å². The lowest BCUT2D eigenvalue weighted by Gasteiger charge is -2.06. The highest BCUT2D eigenvalue weighted by molar-refractivity contribution is 7.98. The molecule has 0 spiro atoms. The quantitative estimate of drug-likeness (QED) is 0.653. The molecule has 3 rings (SSSR count). The Hall–Kier alpha value is -1.92. The van der Waals surface area contributed by atoms with Gasteiger partial charge in [0.1, 0.15) is 10.8 Å². The summed E-state index contributed by atoms with van der Waals surface area (Å²) in [4.78, 5) is 13.3. The van der Waals surface area contributed by atoms with E-state index in [0.717, 1.165) is 40.3 Å². The van der Waals surface area contributed by atoms with Gasteiger partial charge in [-0.25, -0.2) is 9.97 Å². The fraction of sp³-hybridized carbons (Fsp3) is 0.235. The van der Waals surface area contributed by atoms with Crippen molar-refractivity contribution >= 4 is 28.9 Å². The van der Waals surface area contributed by atoms with Crippen LogP contribution in [-0.2, 0) is 12.2 Å². The number of nitrogens with one attached hydrogen (secondary N) is 1. The van der Waals surface area contributed by atoms with Gasteiger partial charge < -0.3 is 5.32 Å². The van der Waals surface area contributed by atoms with Gasteiger partial charge in [0.05, 0.1) is 23.1 Å². The highest BCUT2D eigenvalue weighted by atomic mass is 32.2. The van der Waals surface area contributed by atoms with Crippen molar-refractivity contribution < 1.29 is 0 Å². The lowest BCUT2D eigenvalue weighted by atomic mass is 10.2. The van der Waals surface area contributed by atoms with Gasteiger partial charge >= 0.3 is 0 Å². The second-order valence-electron chi connectivity index (χ2n) is 5.05. The number of nitrogens with zero attached hydrogens (tertiary/aromatic N) is 3. The van der Waals surface area contributed by atoms with Crippen LogP contribution in [0.4, 0.5) is 5.82 Å². The van der Waals surface area contributed by atoms with E-state index in [1.165, 1.54) is 5.56 Å². The van der Waals surface area contributed by atoms with Gasteiger partial charge in [-0.05, 0) is 12.5 Å². The molecule has 2 heterocycles. The van der Waals surface area contributed by atoms with Crippen LogP contribution in [0.1, 0.15) is 16.3 Å². The Balaban J connectivity index is 1.50. The monoisotopic (exact) mass is 342 g/mol. The molecular weight excluding hydrogens is 324 g/mol. The highest BCUT2D eigenvalue weighted by Gasteiger charge is 2.02. The van der Waals surface area contributed by atoms with Gasteiger partial charge in [0, 0.05) is 24.1 Å². The summed E-state index contributed by atoms with van der Waals surface area (Å²) in [5.74, 6) is 1.71. The van der Waals surface area contributed by atoms with Gasteiger partial charge in [0.2, 0.25) is 0 Å². The molecule has 0 unspecified atom stereocenters. The summed E-state index contributed by atoms with van der Waals surface area (Å²) in [5.41, 5.74) is 2.42. The summed E-state index contributed by atoms with van der Waals surface area (Å²) < 4.78 is 0. The molecule has 6 heteroatoms. The van der Waals surface area contributed by atoms with Crippen molar-refractivity contribution in [1.29, 1.82) is 0 Å². The smallest absolute Gasteiger partial charge is 0.145 e. The molecule has 0 atom stereocenters. The number of anilines is 1. The minimum atomic E-state index is 0.810. The normalized spacial score (nSPS) is 10.7. The van der Waals surface area contributed by atoms with E-state index in [1.54, 1.807) is 29.3 Å². The van der Waals surface area contributed by atoms with Crippen molar-refractivity contribution in [3.8, 4) is 0 Å². The fourth-order valence-electron chi connectivity index (χ4n) is 2.08. The molecule has 4 nitrogen and oxygen atoms in total. The molecule has 1 N–H and O–H groups in total. The van der Waals surface area contributed by atoms with E-state index in [9.17, 15) is 0 Å². The number of hydrogen-bond donors (Lipinski definition) is 1. The SMILES string of the molecule is Cc1nc(CCNc2cncc(SCc3ccccc3)n2)cs1. The number of benzene rings is 1. The van der Waals surface area contributed by atoms with Crippen LogP contribution in [0.2, 0.25) is 0 Å². The molecule has 0 radical (unpaired) electrons. The third kappa shape index (κ3) is 5.04. The van der Waals surface area contributed by atoms with E-state index in [1.807, 2.05) is 19.2 Å². The Morgan fingerprint density at radius 3 is 2.78 bits per heavy atom. The Morgan fingerprint density at radius 1 is 1.13 bits per heavy atom. The van der Waals surface area contributed by atoms with Crippen LogP contribution in [0.5, 0.6) is 0 Å². The molecule has 2 aromatic heterocycles. The fourth-order valence-corrected chi connectivity index (χ4v) is 3.53. The van der Waals surface area contributed by atoms with E-state index in [4.69, 9.17) is 0 Å². The first-order valence-electron chi connectivity index (χ1n) is 7.43. The molecule has 0 aliphatic heterocycles. The first-order chi connectivity index (χ1) is 11.3. The zero-order chi connectivity index (χ0) is 15.9. The van der Waals surface area contributed by atoms with Crippen molar-refractivity contribution in [2.45, 2.75) is 24.1 Å². The average molecular weight is 342 g/mol. The number of thiazole rings is 1. The first-order valence-corrected chi connectivity index (χ1v) is 9.30. The van der Waals surface area contributed by atoms with Gasteiger partial charge in [0.15, 0.2) is 0 Å². The zero-order valence-electron chi connectivity index (χ0n) is 12.9. The maximum atomic E-state index is 4.60. The van der Waals surface area contributed by atoms with Crippen LogP contribution in [-0.4, -0.2) is 21.5 Å². The number of rotatable bonds is 7. The molecule has 0 aliphatic carbocycles. The molecule has 0 saturated heterocycles. The first kappa shape index (κ1) is 16.0. The van der Waals surface area contributed by atoms with Gasteiger partial charge in [-0.3, -0.25) is 4.98 Å². The van der Waals surface area contributed by atoms with Crippen molar-refractivity contribution in [1.82, 2.24) is 15.0 Å². The predicted molar refractivity (Wildman–Crippen MR) is 97.1 cm³/mol. The molecule has 118 valence electrons. The minimum absolute atomic E-state index is 0.810. The molecule has 0 amide bonds. The molecule has 0 aliphatic rings. The lowest BCUT2D eigenvalue weighted by molar-refractivity contribution is 0.944. The molecule has 0 fully saturated rings. The van der Waals surface area contributed by atoms with Gasteiger partial charge in [-0.2, -0.15) is 0 Å². The molecular formula is C17H18N4S2. The summed E-state index contributed by atoms with van der Waals surface area (Å²) in [6.07, 6.45) is 4.47. The number of aromatic nitrogens is 3. The highest BCUT2D eigenvalue weighted by Crippen LogP contribution is 2.21. The Morgan fingerprint density at radius 2 is 2.00 bits per heavy atom. The van der Waals surface area contributed by atoms with Crippen molar-refractivity contribution in [3.05, 3.63) is 64.4 Å². The van der Waals surface area contributed by atoms with Crippen LogP contribution in [0.3, 0.4) is 0 Å². The standard InChI is InChI=1S/C17H18N4S2/c1-13-20-15(12-22-13)7-8-19-16-9-18-10-17(21-16)23-11-14-5-3-2-4-6-14/h2-6,9-10,12H,7-8,11H2,1H3,(H,19,21). The van der Waals surface area contributed by atoms with Crippen LogP contribution in [0.15, 0.2) is 53.1 Å². The summed E-state index contributed by atoms with van der Waals surface area (Å²) in [5, 5.41) is 7.47. The van der Waals surface area contributed by atoms with Crippen molar-refractivity contribution in [2.75, 3.05) is 11.9 Å². The maximum Gasteiger partial charge on any atom is 0.145 e. The Bertz CT molecular complexity index is 743. The van der Waals surface area contributed by atoms with E-state index in [-0.39, 0.29) is 0 Å². The second kappa shape index (κ2) is 8.08. The summed E-state index contributed by atoms with van der Waals surface area (Å²) >= 11 is 3.38. The molecule has 0 saturated carbocycles. The van der Waals surface area contributed by atoms with Crippen LogP contribution in [0, 0.1) is 6.92 Å². The second-order valence-corrected chi connectivity index (χ2v) is 7.11. The molecule has 0 bridgehead atoms. The van der Waals surface area contributed by atoms with Gasteiger partial charge in [-0.1, -0.05) is 30.3 Å². The van der Waals surface area contributed by atoms with Gasteiger partial charge in [0.25, 0.3) is 0 Å². The number of hydrogen-bond acceptors (Lipinski definition) is 6. The summed E-state index contributed by atoms with van der Waals surface area (Å²) in [7, 11) is 0. The third-order valence-electron chi connectivity index (χ3n) is 3.20. The largest absolute Gasteiger partial charge is 0.368 e. The topological polar surface area (TPSA) is 50.7 Å². The Labute approximate surface area is 144 Å². The van der Waals surface area contributed by atoms with E-state index >= 15 is 0 Å². The van der Waals surface area contributed by atoms with E-state index in [0.29, 0.717) is 0 Å². The minimum Gasteiger partial charge on any atom is -0.368 e. The third-order valence-corrected chi connectivity index (χ3v) is 4.99. The number of thioether (sulfide) groups is 1. The number of aryl methyl sites for hydroxylation is 1. The summed E-state index contributed by atoms with van der Waals surface area (Å²) in [6, 6.07) is 10.4. The van der Waals surface area contributed by atoms with Crippen molar-refractivity contribution in [3.63, 3.8) is 0 Å². The zero-order valence-corrected chi connectivity index (χ0v) is 14.5. The predicted octanol–water partition coefficient (Wildman–Crippen LogP) is 4.19. The molecule has 23 heavy (non-hydrogen) atoms. The maximum absolute atomic E-state index is 4.60. The Kier molecular flexibility index (Phi) is 5.60. The lowest BCUT2D eigenvalue weighted by Crippen LogP contribution is -2.07. The van der Waals surface area contributed by atoms with E-state index in [2.05, 4.69) is 49.9 Å². The van der Waals surface area contributed by atoms with Crippen LogP contribution < -0.4 is 5.32 Å². The average Bonchev–Trinajstić information content (AvgIpc) is 3.00. The van der Waals surface area contributed by atoms with Crippen LogP contribution in [0.25, 0.3) is 0 Å². The molecule has 1 aromatic carbocycles. The van der Waals surface area contributed by atoms with Crippen molar-refractivity contribution in [2.24, 2.45) is 0 Å². The molecule has 3 aromatic rings. The van der Waals surface area contributed by atoms with Gasteiger partial charge in [-0.15, -0.1) is 23.1 Å².